The van der Waals surface area contributed by atoms with Crippen LogP contribution in [0.3, 0.4) is 0 Å². The summed E-state index contributed by atoms with van der Waals surface area (Å²) < 4.78 is 14.3. The Labute approximate surface area is 200 Å². The molecule has 0 aliphatic carbocycles. The van der Waals surface area contributed by atoms with E-state index in [1.165, 1.54) is 12.1 Å². The van der Waals surface area contributed by atoms with Crippen molar-refractivity contribution in [3.63, 3.8) is 0 Å². The summed E-state index contributed by atoms with van der Waals surface area (Å²) in [6, 6.07) is 24.7. The van der Waals surface area contributed by atoms with Gasteiger partial charge in [0, 0.05) is 12.1 Å². The van der Waals surface area contributed by atoms with Crippen LogP contribution in [0, 0.1) is 17.1 Å². The van der Waals surface area contributed by atoms with Gasteiger partial charge < -0.3 is 5.32 Å². The maximum absolute atomic E-state index is 14.3. The van der Waals surface area contributed by atoms with Crippen molar-refractivity contribution >= 4 is 51.6 Å². The van der Waals surface area contributed by atoms with Crippen molar-refractivity contribution < 1.29 is 9.18 Å². The summed E-state index contributed by atoms with van der Waals surface area (Å²) in [4.78, 5) is 12.9. The number of benzene rings is 4. The number of carbonyl (C=O) groups is 1. The van der Waals surface area contributed by atoms with Gasteiger partial charge in [-0.25, -0.2) is 4.39 Å². The summed E-state index contributed by atoms with van der Waals surface area (Å²) in [6.07, 6.45) is 1.86. The Balaban J connectivity index is 1.77. The van der Waals surface area contributed by atoms with Crippen molar-refractivity contribution in [2.75, 3.05) is 5.32 Å². The van der Waals surface area contributed by atoms with Gasteiger partial charge in [-0.05, 0) is 57.8 Å². The fraction of sp³-hybridized carbons (Fsp3) is 0.0370. The van der Waals surface area contributed by atoms with E-state index in [1.807, 2.05) is 42.5 Å². The maximum atomic E-state index is 14.3. The zero-order valence-electron chi connectivity index (χ0n) is 17.3. The van der Waals surface area contributed by atoms with E-state index in [9.17, 15) is 14.4 Å². The maximum Gasteiger partial charge on any atom is 0.266 e. The number of nitriles is 1. The Kier molecular flexibility index (Phi) is 6.74. The van der Waals surface area contributed by atoms with Gasteiger partial charge in [0.1, 0.15) is 17.5 Å². The molecule has 0 atom stereocenters. The molecule has 0 fully saturated rings. The van der Waals surface area contributed by atoms with Crippen molar-refractivity contribution in [3.8, 4) is 6.07 Å². The molecule has 0 saturated carbocycles. The van der Waals surface area contributed by atoms with Crippen LogP contribution in [0.5, 0.6) is 0 Å². The summed E-state index contributed by atoms with van der Waals surface area (Å²) in [7, 11) is 0. The van der Waals surface area contributed by atoms with Crippen LogP contribution >= 0.6 is 23.2 Å². The number of anilines is 1. The molecule has 1 N–H and O–H groups in total. The lowest BCUT2D eigenvalue weighted by Crippen LogP contribution is -2.13. The largest absolute Gasteiger partial charge is 0.321 e. The van der Waals surface area contributed by atoms with Crippen LogP contribution in [0.25, 0.3) is 16.8 Å². The van der Waals surface area contributed by atoms with E-state index in [0.29, 0.717) is 28.3 Å². The molecule has 4 aromatic rings. The van der Waals surface area contributed by atoms with Gasteiger partial charge in [0.2, 0.25) is 0 Å². The second kappa shape index (κ2) is 9.87. The molecule has 1 amide bonds. The van der Waals surface area contributed by atoms with E-state index in [0.717, 1.165) is 16.3 Å². The number of halogens is 3. The lowest BCUT2D eigenvalue weighted by molar-refractivity contribution is -0.112. The van der Waals surface area contributed by atoms with Crippen molar-refractivity contribution in [1.29, 1.82) is 5.26 Å². The molecule has 0 aliphatic rings. The van der Waals surface area contributed by atoms with Gasteiger partial charge in [0.25, 0.3) is 5.91 Å². The SMILES string of the molecule is N#C/C(=C\c1c(Cc2ccccc2F)ccc2ccccc12)C(=O)Nc1ccc(Cl)c(Cl)c1. The van der Waals surface area contributed by atoms with Crippen LogP contribution in [0.2, 0.25) is 10.0 Å². The Morgan fingerprint density at radius 3 is 2.45 bits per heavy atom. The normalized spacial score (nSPS) is 11.3. The molecule has 0 saturated heterocycles. The third-order valence-corrected chi connectivity index (χ3v) is 5.97. The molecule has 0 spiro atoms. The fourth-order valence-corrected chi connectivity index (χ4v) is 3.88. The van der Waals surface area contributed by atoms with Crippen LogP contribution in [-0.2, 0) is 11.2 Å². The molecule has 0 aliphatic heterocycles. The first kappa shape index (κ1) is 22.5. The number of fused-ring (bicyclic) bond motifs is 1. The molecule has 0 aromatic heterocycles. The van der Waals surface area contributed by atoms with Gasteiger partial charge in [-0.2, -0.15) is 5.26 Å². The van der Waals surface area contributed by atoms with Crippen molar-refractivity contribution in [2.45, 2.75) is 6.42 Å². The van der Waals surface area contributed by atoms with E-state index in [2.05, 4.69) is 5.32 Å². The van der Waals surface area contributed by atoms with Crippen LogP contribution in [0.1, 0.15) is 16.7 Å². The number of hydrogen-bond donors (Lipinski definition) is 1. The van der Waals surface area contributed by atoms with Crippen LogP contribution in [-0.4, -0.2) is 5.91 Å². The highest BCUT2D eigenvalue weighted by Crippen LogP contribution is 2.29. The van der Waals surface area contributed by atoms with E-state index in [1.54, 1.807) is 36.4 Å². The highest BCUT2D eigenvalue weighted by Gasteiger charge is 2.15. The summed E-state index contributed by atoms with van der Waals surface area (Å²) in [5.74, 6) is -0.890. The Hall–Kier alpha value is -3.65. The van der Waals surface area contributed by atoms with E-state index < -0.39 is 5.91 Å². The number of nitrogens with one attached hydrogen (secondary N) is 1. The lowest BCUT2D eigenvalue weighted by Gasteiger charge is -2.12. The molecule has 3 nitrogen and oxygen atoms in total. The quantitative estimate of drug-likeness (QED) is 0.241. The molecule has 33 heavy (non-hydrogen) atoms. The Bertz CT molecular complexity index is 1440. The zero-order chi connectivity index (χ0) is 23.4. The Morgan fingerprint density at radius 1 is 0.939 bits per heavy atom. The molecule has 0 heterocycles. The summed E-state index contributed by atoms with van der Waals surface area (Å²) in [5, 5.41) is 14.9. The van der Waals surface area contributed by atoms with Gasteiger partial charge in [-0.3, -0.25) is 4.79 Å². The molecule has 0 bridgehead atoms. The minimum absolute atomic E-state index is 0.0905. The highest BCUT2D eigenvalue weighted by atomic mass is 35.5. The second-order valence-electron chi connectivity index (χ2n) is 7.38. The number of amides is 1. The summed E-state index contributed by atoms with van der Waals surface area (Å²) >= 11 is 12.0. The van der Waals surface area contributed by atoms with Crippen LogP contribution < -0.4 is 5.32 Å². The molecule has 6 heteroatoms. The molecule has 4 rings (SSSR count). The van der Waals surface area contributed by atoms with Crippen LogP contribution in [0.4, 0.5) is 10.1 Å². The molecule has 0 radical (unpaired) electrons. The first-order chi connectivity index (χ1) is 16.0. The number of carbonyl (C=O) groups excluding carboxylic acids is 1. The molecule has 0 unspecified atom stereocenters. The summed E-state index contributed by atoms with van der Waals surface area (Å²) in [6.45, 7) is 0. The predicted octanol–water partition coefficient (Wildman–Crippen LogP) is 7.42. The van der Waals surface area contributed by atoms with E-state index >= 15 is 0 Å². The zero-order valence-corrected chi connectivity index (χ0v) is 18.8. The monoisotopic (exact) mass is 474 g/mol. The summed E-state index contributed by atoms with van der Waals surface area (Å²) in [5.41, 5.74) is 2.35. The van der Waals surface area contributed by atoms with Crippen LogP contribution in [0.15, 0.2) is 84.4 Å². The number of rotatable bonds is 5. The van der Waals surface area contributed by atoms with Gasteiger partial charge in [0.15, 0.2) is 0 Å². The molecule has 4 aromatic carbocycles. The highest BCUT2D eigenvalue weighted by molar-refractivity contribution is 6.42. The average Bonchev–Trinajstić information content (AvgIpc) is 2.82. The Morgan fingerprint density at radius 2 is 1.70 bits per heavy atom. The van der Waals surface area contributed by atoms with E-state index in [-0.39, 0.29) is 16.4 Å². The minimum Gasteiger partial charge on any atom is -0.321 e. The minimum atomic E-state index is -0.583. The van der Waals surface area contributed by atoms with Gasteiger partial charge >= 0.3 is 0 Å². The predicted molar refractivity (Wildman–Crippen MR) is 132 cm³/mol. The second-order valence-corrected chi connectivity index (χ2v) is 8.19. The third kappa shape index (κ3) is 5.06. The third-order valence-electron chi connectivity index (χ3n) is 5.23. The van der Waals surface area contributed by atoms with Gasteiger partial charge in [-0.1, -0.05) is 77.8 Å². The first-order valence-corrected chi connectivity index (χ1v) is 10.8. The molecular weight excluding hydrogens is 458 g/mol. The lowest BCUT2D eigenvalue weighted by atomic mass is 9.93. The number of hydrogen-bond acceptors (Lipinski definition) is 2. The van der Waals surface area contributed by atoms with Crippen molar-refractivity contribution in [3.05, 3.63) is 117 Å². The van der Waals surface area contributed by atoms with Crippen molar-refractivity contribution in [1.82, 2.24) is 0 Å². The molecule has 162 valence electrons. The van der Waals surface area contributed by atoms with Gasteiger partial charge in [-0.15, -0.1) is 0 Å². The van der Waals surface area contributed by atoms with Gasteiger partial charge in [0.05, 0.1) is 10.0 Å². The van der Waals surface area contributed by atoms with Crippen molar-refractivity contribution in [2.24, 2.45) is 0 Å². The fourth-order valence-electron chi connectivity index (χ4n) is 3.58. The molecular formula is C27H17Cl2FN2O. The first-order valence-electron chi connectivity index (χ1n) is 10.1. The standard InChI is InChI=1S/C27H17Cl2FN2O/c28-24-12-11-21(15-25(24)29)32-27(33)20(16-31)14-23-18(13-19-6-2-4-8-26(19)30)10-9-17-5-1-3-7-22(17)23/h1-12,14-15H,13H2,(H,32,33)/b20-14+. The average molecular weight is 475 g/mol. The smallest absolute Gasteiger partial charge is 0.266 e. The number of nitrogens with zero attached hydrogens (tertiary/aromatic N) is 1. The van der Waals surface area contributed by atoms with E-state index in [4.69, 9.17) is 23.2 Å². The topological polar surface area (TPSA) is 52.9 Å².